The van der Waals surface area contributed by atoms with Crippen LogP contribution in [0.4, 0.5) is 5.69 Å². The number of piperidine rings is 1. The van der Waals surface area contributed by atoms with Crippen LogP contribution in [-0.4, -0.2) is 29.8 Å². The maximum atomic E-state index is 12.4. The Kier molecular flexibility index (Phi) is 3.74. The van der Waals surface area contributed by atoms with Crippen LogP contribution < -0.4 is 11.5 Å². The van der Waals surface area contributed by atoms with Crippen LogP contribution in [-0.2, 0) is 4.79 Å². The fraction of sp³-hybridized carbons (Fsp3) is 0.429. The van der Waals surface area contributed by atoms with Gasteiger partial charge in [-0.15, -0.1) is 0 Å². The molecular formula is C14H19N3O2. The monoisotopic (exact) mass is 261 g/mol. The molecule has 1 heterocycles. The van der Waals surface area contributed by atoms with Crippen molar-refractivity contribution in [2.45, 2.75) is 19.8 Å². The molecule has 4 N–H and O–H groups in total. The van der Waals surface area contributed by atoms with Crippen molar-refractivity contribution in [2.75, 3.05) is 18.8 Å². The van der Waals surface area contributed by atoms with Crippen molar-refractivity contribution in [1.82, 2.24) is 4.90 Å². The van der Waals surface area contributed by atoms with Crippen molar-refractivity contribution in [1.29, 1.82) is 0 Å². The van der Waals surface area contributed by atoms with Gasteiger partial charge >= 0.3 is 0 Å². The number of benzene rings is 1. The van der Waals surface area contributed by atoms with Crippen LogP contribution in [0.15, 0.2) is 18.2 Å². The van der Waals surface area contributed by atoms with Gasteiger partial charge in [-0.1, -0.05) is 12.1 Å². The summed E-state index contributed by atoms with van der Waals surface area (Å²) in [6.45, 7) is 2.99. The third-order valence-electron chi connectivity index (χ3n) is 3.70. The number of aryl methyl sites for hydroxylation is 1. The molecule has 0 bridgehead atoms. The van der Waals surface area contributed by atoms with E-state index >= 15 is 0 Å². The molecule has 0 saturated carbocycles. The molecule has 1 saturated heterocycles. The smallest absolute Gasteiger partial charge is 0.256 e. The molecule has 5 heteroatoms. The molecule has 1 fully saturated rings. The molecule has 0 aromatic heterocycles. The highest BCUT2D eigenvalue weighted by atomic mass is 16.2. The number of hydrogen-bond acceptors (Lipinski definition) is 3. The summed E-state index contributed by atoms with van der Waals surface area (Å²) in [6.07, 6.45) is 1.26. The molecule has 1 aromatic carbocycles. The SMILES string of the molecule is Cc1cccc(N)c1C(=O)N1CCC(C(N)=O)CC1. The zero-order valence-electron chi connectivity index (χ0n) is 11.1. The largest absolute Gasteiger partial charge is 0.398 e. The average molecular weight is 261 g/mol. The molecule has 1 aliphatic rings. The standard InChI is InChI=1S/C14H19N3O2/c1-9-3-2-4-11(15)12(9)14(19)17-7-5-10(6-8-17)13(16)18/h2-4,10H,5-8,15H2,1H3,(H2,16,18). The fourth-order valence-electron chi connectivity index (χ4n) is 2.51. The van der Waals surface area contributed by atoms with Crippen molar-refractivity contribution in [3.63, 3.8) is 0 Å². The number of primary amides is 1. The number of nitrogens with two attached hydrogens (primary N) is 2. The lowest BCUT2D eigenvalue weighted by molar-refractivity contribution is -0.123. The summed E-state index contributed by atoms with van der Waals surface area (Å²) in [7, 11) is 0. The molecule has 0 unspecified atom stereocenters. The highest BCUT2D eigenvalue weighted by Crippen LogP contribution is 2.23. The van der Waals surface area contributed by atoms with Gasteiger partial charge in [0.15, 0.2) is 0 Å². The second-order valence-corrected chi connectivity index (χ2v) is 5.01. The van der Waals surface area contributed by atoms with E-state index in [1.165, 1.54) is 0 Å². The Morgan fingerprint density at radius 3 is 2.42 bits per heavy atom. The number of rotatable bonds is 2. The van der Waals surface area contributed by atoms with Gasteiger partial charge < -0.3 is 16.4 Å². The molecule has 0 atom stereocenters. The molecule has 0 aliphatic carbocycles. The lowest BCUT2D eigenvalue weighted by Gasteiger charge is -2.31. The number of likely N-dealkylation sites (tertiary alicyclic amines) is 1. The third-order valence-corrected chi connectivity index (χ3v) is 3.70. The summed E-state index contributed by atoms with van der Waals surface area (Å²) in [5.74, 6) is -0.445. The normalized spacial score (nSPS) is 16.4. The number of carbonyl (C=O) groups is 2. The minimum absolute atomic E-state index is 0.0569. The molecule has 5 nitrogen and oxygen atoms in total. The maximum Gasteiger partial charge on any atom is 0.256 e. The minimum atomic E-state index is -0.275. The van der Waals surface area contributed by atoms with Crippen molar-refractivity contribution in [3.05, 3.63) is 29.3 Å². The zero-order valence-corrected chi connectivity index (χ0v) is 11.1. The van der Waals surface area contributed by atoms with Crippen molar-refractivity contribution in [2.24, 2.45) is 11.7 Å². The van der Waals surface area contributed by atoms with E-state index < -0.39 is 0 Å². The van der Waals surface area contributed by atoms with Crippen molar-refractivity contribution in [3.8, 4) is 0 Å². The Morgan fingerprint density at radius 2 is 1.89 bits per heavy atom. The van der Waals surface area contributed by atoms with Crippen LogP contribution in [0.1, 0.15) is 28.8 Å². The zero-order chi connectivity index (χ0) is 14.0. The number of hydrogen-bond donors (Lipinski definition) is 2. The second-order valence-electron chi connectivity index (χ2n) is 5.01. The summed E-state index contributed by atoms with van der Waals surface area (Å²) in [5.41, 5.74) is 13.1. The van der Waals surface area contributed by atoms with Gasteiger partial charge in [0, 0.05) is 24.7 Å². The maximum absolute atomic E-state index is 12.4. The number of amides is 2. The van der Waals surface area contributed by atoms with Crippen molar-refractivity contribution >= 4 is 17.5 Å². The van der Waals surface area contributed by atoms with E-state index in [1.807, 2.05) is 19.1 Å². The first-order chi connectivity index (χ1) is 9.00. The number of nitrogen functional groups attached to an aromatic ring is 1. The summed E-state index contributed by atoms with van der Waals surface area (Å²) < 4.78 is 0. The Hall–Kier alpha value is -2.04. The van der Waals surface area contributed by atoms with E-state index in [9.17, 15) is 9.59 Å². The van der Waals surface area contributed by atoms with E-state index in [0.717, 1.165) is 5.56 Å². The highest BCUT2D eigenvalue weighted by Gasteiger charge is 2.27. The predicted molar refractivity (Wildman–Crippen MR) is 73.4 cm³/mol. The molecule has 0 radical (unpaired) electrons. The second kappa shape index (κ2) is 5.30. The van der Waals surface area contributed by atoms with Gasteiger partial charge in [-0.2, -0.15) is 0 Å². The fourth-order valence-corrected chi connectivity index (χ4v) is 2.51. The lowest BCUT2D eigenvalue weighted by atomic mass is 9.95. The van der Waals surface area contributed by atoms with E-state index in [0.29, 0.717) is 37.2 Å². The molecule has 102 valence electrons. The number of anilines is 1. The molecule has 1 aromatic rings. The molecule has 2 rings (SSSR count). The van der Waals surface area contributed by atoms with Gasteiger partial charge in [-0.05, 0) is 31.4 Å². The quantitative estimate of drug-likeness (QED) is 0.775. The van der Waals surface area contributed by atoms with Crippen LogP contribution >= 0.6 is 0 Å². The van der Waals surface area contributed by atoms with Gasteiger partial charge in [0.05, 0.1) is 5.56 Å². The Morgan fingerprint density at radius 1 is 1.26 bits per heavy atom. The summed E-state index contributed by atoms with van der Waals surface area (Å²) in [6, 6.07) is 5.44. The van der Waals surface area contributed by atoms with Gasteiger partial charge in [0.1, 0.15) is 0 Å². The van der Waals surface area contributed by atoms with E-state index in [-0.39, 0.29) is 17.7 Å². The first kappa shape index (κ1) is 13.4. The number of carbonyl (C=O) groups excluding carboxylic acids is 2. The van der Waals surface area contributed by atoms with Gasteiger partial charge in [0.2, 0.25) is 5.91 Å². The minimum Gasteiger partial charge on any atom is -0.398 e. The van der Waals surface area contributed by atoms with Crippen LogP contribution in [0.25, 0.3) is 0 Å². The summed E-state index contributed by atoms with van der Waals surface area (Å²) >= 11 is 0. The Labute approximate surface area is 112 Å². The topological polar surface area (TPSA) is 89.4 Å². The van der Waals surface area contributed by atoms with Gasteiger partial charge in [-0.25, -0.2) is 0 Å². The van der Waals surface area contributed by atoms with Gasteiger partial charge in [0.25, 0.3) is 5.91 Å². The van der Waals surface area contributed by atoms with Crippen LogP contribution in [0.5, 0.6) is 0 Å². The molecule has 19 heavy (non-hydrogen) atoms. The first-order valence-electron chi connectivity index (χ1n) is 6.44. The Balaban J connectivity index is 2.12. The van der Waals surface area contributed by atoms with Crippen molar-refractivity contribution < 1.29 is 9.59 Å². The molecule has 1 aliphatic heterocycles. The van der Waals surface area contributed by atoms with E-state index in [1.54, 1.807) is 11.0 Å². The van der Waals surface area contributed by atoms with E-state index in [4.69, 9.17) is 11.5 Å². The van der Waals surface area contributed by atoms with Crippen LogP contribution in [0.2, 0.25) is 0 Å². The molecule has 2 amide bonds. The summed E-state index contributed by atoms with van der Waals surface area (Å²) in [5, 5.41) is 0. The predicted octanol–water partition coefficient (Wildman–Crippen LogP) is 0.915. The van der Waals surface area contributed by atoms with Crippen LogP contribution in [0, 0.1) is 12.8 Å². The lowest BCUT2D eigenvalue weighted by Crippen LogP contribution is -2.42. The molecular weight excluding hydrogens is 242 g/mol. The van der Waals surface area contributed by atoms with Gasteiger partial charge in [-0.3, -0.25) is 9.59 Å². The Bertz CT molecular complexity index is 485. The van der Waals surface area contributed by atoms with Crippen LogP contribution in [0.3, 0.4) is 0 Å². The first-order valence-corrected chi connectivity index (χ1v) is 6.44. The average Bonchev–Trinajstić information content (AvgIpc) is 2.38. The number of nitrogens with zero attached hydrogens (tertiary/aromatic N) is 1. The summed E-state index contributed by atoms with van der Waals surface area (Å²) in [4.78, 5) is 25.3. The third kappa shape index (κ3) is 2.70. The highest BCUT2D eigenvalue weighted by molar-refractivity contribution is 6.00. The molecule has 0 spiro atoms. The van der Waals surface area contributed by atoms with E-state index in [2.05, 4.69) is 0 Å².